The normalized spacial score (nSPS) is 19.6. The van der Waals surface area contributed by atoms with E-state index in [4.69, 9.17) is 9.47 Å². The molecule has 0 atom stereocenters. The van der Waals surface area contributed by atoms with Crippen molar-refractivity contribution in [2.45, 2.75) is 13.0 Å². The van der Waals surface area contributed by atoms with Crippen molar-refractivity contribution in [1.29, 1.82) is 0 Å². The van der Waals surface area contributed by atoms with Gasteiger partial charge in [-0.05, 0) is 13.0 Å². The maximum absolute atomic E-state index is 12.2. The van der Waals surface area contributed by atoms with Crippen LogP contribution in [0.3, 0.4) is 0 Å². The maximum Gasteiger partial charge on any atom is 0.320 e. The molecule has 3 heterocycles. The van der Waals surface area contributed by atoms with Crippen LogP contribution in [0.2, 0.25) is 0 Å². The third-order valence-corrected chi connectivity index (χ3v) is 3.57. The molecule has 0 bridgehead atoms. The number of urea groups is 1. The van der Waals surface area contributed by atoms with E-state index in [1.54, 1.807) is 6.20 Å². The van der Waals surface area contributed by atoms with Gasteiger partial charge in [0.2, 0.25) is 0 Å². The second-order valence-corrected chi connectivity index (χ2v) is 5.16. The molecule has 108 valence electrons. The van der Waals surface area contributed by atoms with Crippen LogP contribution in [0.4, 0.5) is 4.79 Å². The van der Waals surface area contributed by atoms with Crippen LogP contribution >= 0.6 is 0 Å². The quantitative estimate of drug-likeness (QED) is 0.806. The fraction of sp³-hybridized carbons (Fsp3) is 0.571. The first kappa shape index (κ1) is 13.2. The number of ether oxygens (including phenoxy) is 2. The molecule has 0 radical (unpaired) electrons. The molecule has 0 saturated carbocycles. The highest BCUT2D eigenvalue weighted by Gasteiger charge is 2.35. The second-order valence-electron chi connectivity index (χ2n) is 5.16. The Morgan fingerprint density at radius 3 is 2.80 bits per heavy atom. The molecule has 0 aliphatic carbocycles. The minimum atomic E-state index is 0.0850. The molecule has 1 aromatic rings. The third-order valence-electron chi connectivity index (χ3n) is 3.57. The van der Waals surface area contributed by atoms with Gasteiger partial charge in [0.1, 0.15) is 11.9 Å². The Labute approximate surface area is 118 Å². The van der Waals surface area contributed by atoms with Crippen molar-refractivity contribution in [3.05, 3.63) is 24.0 Å². The average molecular weight is 277 g/mol. The van der Waals surface area contributed by atoms with Crippen molar-refractivity contribution >= 4 is 6.03 Å². The van der Waals surface area contributed by atoms with E-state index in [1.807, 2.05) is 28.9 Å². The van der Waals surface area contributed by atoms with Gasteiger partial charge in [-0.15, -0.1) is 0 Å². The molecule has 2 aliphatic rings. The van der Waals surface area contributed by atoms with Gasteiger partial charge in [0.05, 0.1) is 26.3 Å². The van der Waals surface area contributed by atoms with Crippen LogP contribution in [0.15, 0.2) is 18.3 Å². The molecule has 1 aromatic heterocycles. The van der Waals surface area contributed by atoms with E-state index in [-0.39, 0.29) is 12.1 Å². The summed E-state index contributed by atoms with van der Waals surface area (Å²) < 4.78 is 11.1. The van der Waals surface area contributed by atoms with Crippen LogP contribution in [-0.4, -0.2) is 66.3 Å². The molecule has 0 aromatic carbocycles. The summed E-state index contributed by atoms with van der Waals surface area (Å²) in [4.78, 5) is 20.0. The van der Waals surface area contributed by atoms with Crippen molar-refractivity contribution in [3.8, 4) is 5.75 Å². The van der Waals surface area contributed by atoms with Gasteiger partial charge in [-0.25, -0.2) is 4.79 Å². The number of carbonyl (C=O) groups is 1. The van der Waals surface area contributed by atoms with E-state index in [0.717, 1.165) is 11.4 Å². The molecule has 0 N–H and O–H groups in total. The fourth-order valence-electron chi connectivity index (χ4n) is 2.41. The van der Waals surface area contributed by atoms with Crippen LogP contribution < -0.4 is 4.74 Å². The molecule has 2 aliphatic heterocycles. The Kier molecular flexibility index (Phi) is 3.73. The number of hydrogen-bond donors (Lipinski definition) is 0. The Morgan fingerprint density at radius 1 is 1.35 bits per heavy atom. The van der Waals surface area contributed by atoms with Gasteiger partial charge in [0, 0.05) is 31.0 Å². The molecule has 2 fully saturated rings. The van der Waals surface area contributed by atoms with Gasteiger partial charge in [0.25, 0.3) is 0 Å². The predicted octanol–water partition coefficient (Wildman–Crippen LogP) is 0.905. The molecule has 0 spiro atoms. The van der Waals surface area contributed by atoms with E-state index in [2.05, 4.69) is 4.98 Å². The third kappa shape index (κ3) is 2.85. The van der Waals surface area contributed by atoms with E-state index in [0.29, 0.717) is 39.4 Å². The van der Waals surface area contributed by atoms with Crippen LogP contribution in [-0.2, 0) is 4.74 Å². The van der Waals surface area contributed by atoms with Crippen molar-refractivity contribution in [2.24, 2.45) is 0 Å². The summed E-state index contributed by atoms with van der Waals surface area (Å²) in [6, 6.07) is 3.85. The number of carbonyl (C=O) groups excluding carboxylic acids is 1. The van der Waals surface area contributed by atoms with E-state index in [9.17, 15) is 4.79 Å². The van der Waals surface area contributed by atoms with Crippen molar-refractivity contribution < 1.29 is 14.3 Å². The smallest absolute Gasteiger partial charge is 0.320 e. The Balaban J connectivity index is 1.47. The van der Waals surface area contributed by atoms with Gasteiger partial charge in [0.15, 0.2) is 0 Å². The number of rotatable bonds is 2. The lowest BCUT2D eigenvalue weighted by Gasteiger charge is -2.42. The largest absolute Gasteiger partial charge is 0.487 e. The molecule has 2 amide bonds. The van der Waals surface area contributed by atoms with Crippen molar-refractivity contribution in [2.75, 3.05) is 39.4 Å². The van der Waals surface area contributed by atoms with Gasteiger partial charge in [-0.1, -0.05) is 0 Å². The lowest BCUT2D eigenvalue weighted by atomic mass is 10.2. The molecule has 6 heteroatoms. The lowest BCUT2D eigenvalue weighted by molar-refractivity contribution is 0.00723. The van der Waals surface area contributed by atoms with Gasteiger partial charge < -0.3 is 19.3 Å². The summed E-state index contributed by atoms with van der Waals surface area (Å²) in [5, 5.41) is 0. The monoisotopic (exact) mass is 277 g/mol. The highest BCUT2D eigenvalue weighted by atomic mass is 16.5. The number of nitrogens with zero attached hydrogens (tertiary/aromatic N) is 3. The zero-order chi connectivity index (χ0) is 13.9. The highest BCUT2D eigenvalue weighted by Crippen LogP contribution is 2.19. The number of pyridine rings is 1. The van der Waals surface area contributed by atoms with Crippen LogP contribution in [0.25, 0.3) is 0 Å². The minimum absolute atomic E-state index is 0.0850. The summed E-state index contributed by atoms with van der Waals surface area (Å²) in [7, 11) is 0. The molecule has 0 unspecified atom stereocenters. The summed E-state index contributed by atoms with van der Waals surface area (Å²) in [6.07, 6.45) is 1.82. The molecule has 20 heavy (non-hydrogen) atoms. The van der Waals surface area contributed by atoms with E-state index in [1.165, 1.54) is 0 Å². The molecule has 2 saturated heterocycles. The molecule has 3 rings (SSSR count). The zero-order valence-electron chi connectivity index (χ0n) is 11.6. The van der Waals surface area contributed by atoms with Crippen LogP contribution in [0.5, 0.6) is 5.75 Å². The number of likely N-dealkylation sites (tertiary alicyclic amines) is 1. The fourth-order valence-corrected chi connectivity index (χ4v) is 2.41. The molecular formula is C14H19N3O3. The van der Waals surface area contributed by atoms with E-state index < -0.39 is 0 Å². The lowest BCUT2D eigenvalue weighted by Crippen LogP contribution is -2.60. The Bertz CT molecular complexity index is 482. The summed E-state index contributed by atoms with van der Waals surface area (Å²) >= 11 is 0. The van der Waals surface area contributed by atoms with Gasteiger partial charge >= 0.3 is 6.03 Å². The number of amides is 2. The SMILES string of the molecule is Cc1cc(OC2CN(C(=O)N3CCOCC3)C2)ccn1. The standard InChI is InChI=1S/C14H19N3O3/c1-11-8-12(2-3-15-11)20-13-9-17(10-13)14(18)16-4-6-19-7-5-16/h2-3,8,13H,4-7,9-10H2,1H3. The summed E-state index contributed by atoms with van der Waals surface area (Å²) in [6.45, 7) is 5.87. The number of hydrogen-bond acceptors (Lipinski definition) is 4. The second kappa shape index (κ2) is 5.66. The first-order valence-electron chi connectivity index (χ1n) is 6.93. The summed E-state index contributed by atoms with van der Waals surface area (Å²) in [5.41, 5.74) is 0.933. The molecular weight excluding hydrogens is 258 g/mol. The first-order valence-corrected chi connectivity index (χ1v) is 6.93. The molecule has 6 nitrogen and oxygen atoms in total. The number of aryl methyl sites for hydroxylation is 1. The topological polar surface area (TPSA) is 54.9 Å². The van der Waals surface area contributed by atoms with E-state index >= 15 is 0 Å². The van der Waals surface area contributed by atoms with Gasteiger partial charge in [-0.3, -0.25) is 4.98 Å². The van der Waals surface area contributed by atoms with Gasteiger partial charge in [-0.2, -0.15) is 0 Å². The number of aromatic nitrogens is 1. The van der Waals surface area contributed by atoms with Crippen molar-refractivity contribution in [1.82, 2.24) is 14.8 Å². The zero-order valence-corrected chi connectivity index (χ0v) is 11.6. The number of morpholine rings is 1. The minimum Gasteiger partial charge on any atom is -0.487 e. The maximum atomic E-state index is 12.2. The first-order chi connectivity index (χ1) is 9.72. The highest BCUT2D eigenvalue weighted by molar-refractivity contribution is 5.75. The predicted molar refractivity (Wildman–Crippen MR) is 72.8 cm³/mol. The van der Waals surface area contributed by atoms with Crippen molar-refractivity contribution in [3.63, 3.8) is 0 Å². The summed E-state index contributed by atoms with van der Waals surface area (Å²) in [5.74, 6) is 0.820. The average Bonchev–Trinajstić information content (AvgIpc) is 2.43. The Hall–Kier alpha value is -1.82. The van der Waals surface area contributed by atoms with Crippen LogP contribution in [0, 0.1) is 6.92 Å². The Morgan fingerprint density at radius 2 is 2.10 bits per heavy atom. The van der Waals surface area contributed by atoms with Crippen LogP contribution in [0.1, 0.15) is 5.69 Å².